The van der Waals surface area contributed by atoms with E-state index in [1.165, 1.54) is 13.2 Å². The minimum absolute atomic E-state index is 0.0220. The third-order valence-electron chi connectivity index (χ3n) is 5.16. The van der Waals surface area contributed by atoms with Crippen LogP contribution in [0.2, 0.25) is 5.02 Å². The number of fused-ring (bicyclic) bond motifs is 1. The Bertz CT molecular complexity index is 1340. The van der Waals surface area contributed by atoms with E-state index in [4.69, 9.17) is 16.3 Å². The lowest BCUT2D eigenvalue weighted by atomic mass is 9.89. The highest BCUT2D eigenvalue weighted by Crippen LogP contribution is 2.32. The summed E-state index contributed by atoms with van der Waals surface area (Å²) in [5, 5.41) is 24.3. The summed E-state index contributed by atoms with van der Waals surface area (Å²) in [5.74, 6) is -1.36. The number of esters is 1. The lowest BCUT2D eigenvalue weighted by Gasteiger charge is -2.20. The van der Waals surface area contributed by atoms with Crippen LogP contribution in [0.15, 0.2) is 42.5 Å². The first kappa shape index (κ1) is 21.6. The second-order valence-corrected chi connectivity index (χ2v) is 8.12. The summed E-state index contributed by atoms with van der Waals surface area (Å²) in [5.41, 5.74) is 0.139. The first-order valence-electron chi connectivity index (χ1n) is 9.64. The molecule has 4 aromatic rings. The van der Waals surface area contributed by atoms with Crippen molar-refractivity contribution in [1.82, 2.24) is 25.0 Å². The molecule has 0 aliphatic rings. The number of halogens is 2. The quantitative estimate of drug-likeness (QED) is 0.455. The van der Waals surface area contributed by atoms with Gasteiger partial charge in [0.1, 0.15) is 22.6 Å². The lowest BCUT2D eigenvalue weighted by molar-refractivity contribution is -0.146. The van der Waals surface area contributed by atoms with E-state index in [9.17, 15) is 14.3 Å². The average molecular weight is 456 g/mol. The molecule has 1 N–H and O–H groups in total. The number of methoxy groups -OCH3 is 1. The molecule has 0 bridgehead atoms. The van der Waals surface area contributed by atoms with Gasteiger partial charge in [0.15, 0.2) is 0 Å². The number of aromatic hydroxyl groups is 1. The lowest BCUT2D eigenvalue weighted by Crippen LogP contribution is -2.32. The maximum absolute atomic E-state index is 14.2. The van der Waals surface area contributed by atoms with Crippen molar-refractivity contribution >= 4 is 28.5 Å². The first-order chi connectivity index (χ1) is 15.2. The molecule has 0 unspecified atom stereocenters. The highest BCUT2D eigenvalue weighted by atomic mass is 35.5. The van der Waals surface area contributed by atoms with Crippen LogP contribution in [-0.2, 0) is 21.5 Å². The Morgan fingerprint density at radius 1 is 1.22 bits per heavy atom. The van der Waals surface area contributed by atoms with Crippen LogP contribution < -0.4 is 0 Å². The zero-order chi connectivity index (χ0) is 23.0. The van der Waals surface area contributed by atoms with Gasteiger partial charge in [-0.05, 0) is 38.1 Å². The molecule has 8 nitrogen and oxygen atoms in total. The third-order valence-corrected chi connectivity index (χ3v) is 5.39. The number of aromatic nitrogens is 5. The molecule has 0 atom stereocenters. The monoisotopic (exact) mass is 455 g/mol. The van der Waals surface area contributed by atoms with Crippen molar-refractivity contribution in [2.24, 2.45) is 0 Å². The van der Waals surface area contributed by atoms with Crippen molar-refractivity contribution in [2.75, 3.05) is 7.11 Å². The van der Waals surface area contributed by atoms with Crippen molar-refractivity contribution in [3.05, 3.63) is 64.6 Å². The molecule has 0 radical (unpaired) electrons. The smallest absolute Gasteiger partial charge is 0.317 e. The molecule has 0 aliphatic heterocycles. The van der Waals surface area contributed by atoms with Crippen molar-refractivity contribution in [3.8, 4) is 17.4 Å². The number of hydrogen-bond donors (Lipinski definition) is 1. The van der Waals surface area contributed by atoms with Crippen molar-refractivity contribution in [3.63, 3.8) is 0 Å². The second-order valence-electron chi connectivity index (χ2n) is 7.68. The van der Waals surface area contributed by atoms with Crippen LogP contribution in [-0.4, -0.2) is 43.1 Å². The predicted octanol–water partition coefficient (Wildman–Crippen LogP) is 3.89. The van der Waals surface area contributed by atoms with Crippen LogP contribution in [0.1, 0.15) is 25.1 Å². The Kier molecular flexibility index (Phi) is 5.52. The molecular formula is C22H19ClFN5O3. The first-order valence-corrected chi connectivity index (χ1v) is 10.0. The maximum atomic E-state index is 14.2. The Hall–Kier alpha value is -3.59. The number of benzene rings is 2. The molecule has 0 spiro atoms. The van der Waals surface area contributed by atoms with Gasteiger partial charge in [-0.15, -0.1) is 10.2 Å². The van der Waals surface area contributed by atoms with Gasteiger partial charge in [0, 0.05) is 16.0 Å². The van der Waals surface area contributed by atoms with Gasteiger partial charge in [-0.3, -0.25) is 9.48 Å². The topological polar surface area (TPSA) is 103 Å². The zero-order valence-corrected chi connectivity index (χ0v) is 18.3. The van der Waals surface area contributed by atoms with Crippen LogP contribution in [0.5, 0.6) is 5.88 Å². The fraction of sp³-hybridized carbons (Fsp3) is 0.227. The van der Waals surface area contributed by atoms with Crippen molar-refractivity contribution < 1.29 is 19.0 Å². The number of ether oxygens (including phenoxy) is 1. The fourth-order valence-corrected chi connectivity index (χ4v) is 3.56. The summed E-state index contributed by atoms with van der Waals surface area (Å²) in [4.78, 5) is 16.2. The number of carbonyl (C=O) groups excluding carboxylic acids is 1. The van der Waals surface area contributed by atoms with Gasteiger partial charge in [-0.1, -0.05) is 29.8 Å². The number of nitrogens with zero attached hydrogens (tertiary/aromatic N) is 5. The summed E-state index contributed by atoms with van der Waals surface area (Å²) >= 11 is 6.18. The largest absolute Gasteiger partial charge is 0.492 e. The average Bonchev–Trinajstić information content (AvgIpc) is 3.11. The molecule has 164 valence electrons. The number of hydrogen-bond acceptors (Lipinski definition) is 7. The molecule has 0 aliphatic carbocycles. The van der Waals surface area contributed by atoms with E-state index in [2.05, 4.69) is 20.3 Å². The van der Waals surface area contributed by atoms with Gasteiger partial charge >= 0.3 is 5.97 Å². The summed E-state index contributed by atoms with van der Waals surface area (Å²) in [6.45, 7) is 3.24. The minimum Gasteiger partial charge on any atom is -0.492 e. The molecule has 0 fully saturated rings. The summed E-state index contributed by atoms with van der Waals surface area (Å²) in [6, 6.07) is 11.5. The highest BCUT2D eigenvalue weighted by Gasteiger charge is 2.37. The van der Waals surface area contributed by atoms with Crippen LogP contribution >= 0.6 is 11.6 Å². The molecule has 4 rings (SSSR count). The summed E-state index contributed by atoms with van der Waals surface area (Å²) in [7, 11) is 1.25. The van der Waals surface area contributed by atoms with E-state index in [1.807, 2.05) is 0 Å². The Labute approximate surface area is 187 Å². The maximum Gasteiger partial charge on any atom is 0.317 e. The van der Waals surface area contributed by atoms with E-state index in [0.717, 1.165) is 0 Å². The van der Waals surface area contributed by atoms with Gasteiger partial charge in [0.25, 0.3) is 0 Å². The molecule has 0 saturated heterocycles. The molecule has 2 aromatic heterocycles. The fourth-order valence-electron chi connectivity index (χ4n) is 3.40. The number of rotatable bonds is 5. The van der Waals surface area contributed by atoms with Crippen LogP contribution in [0.25, 0.3) is 22.4 Å². The van der Waals surface area contributed by atoms with Crippen molar-refractivity contribution in [2.45, 2.75) is 25.8 Å². The van der Waals surface area contributed by atoms with Crippen LogP contribution in [0, 0.1) is 5.82 Å². The van der Waals surface area contributed by atoms with E-state index in [1.54, 1.807) is 54.9 Å². The molecule has 2 heterocycles. The van der Waals surface area contributed by atoms with E-state index >= 15 is 0 Å². The zero-order valence-electron chi connectivity index (χ0n) is 17.5. The molecule has 32 heavy (non-hydrogen) atoms. The minimum atomic E-state index is -1.25. The summed E-state index contributed by atoms with van der Waals surface area (Å²) < 4.78 is 20.6. The van der Waals surface area contributed by atoms with Gasteiger partial charge < -0.3 is 9.84 Å². The Morgan fingerprint density at radius 3 is 2.66 bits per heavy atom. The van der Waals surface area contributed by atoms with Crippen LogP contribution in [0.4, 0.5) is 4.39 Å². The van der Waals surface area contributed by atoms with E-state index in [-0.39, 0.29) is 23.9 Å². The normalized spacial score (nSPS) is 11.7. The van der Waals surface area contributed by atoms with E-state index < -0.39 is 17.3 Å². The SMILES string of the molecule is COC(=O)C(C)(C)c1nnc(-c2nn(Cc3ccccc3F)c3cc(Cl)ccc23)nc1O. The molecular weight excluding hydrogens is 437 g/mol. The second kappa shape index (κ2) is 8.16. The Balaban J connectivity index is 1.82. The van der Waals surface area contributed by atoms with Gasteiger partial charge in [0.2, 0.25) is 11.7 Å². The molecule has 2 aromatic carbocycles. The predicted molar refractivity (Wildman–Crippen MR) is 116 cm³/mol. The highest BCUT2D eigenvalue weighted by molar-refractivity contribution is 6.31. The standard InChI is InChI=1S/C22H19ClFN5O3/c1-22(2,21(31)32-3)18-20(30)25-19(27-26-18)17-14-9-8-13(23)10-16(14)29(28-17)11-12-6-4-5-7-15(12)24/h4-10H,11H2,1-3H3,(H,25,27,30). The van der Waals surface area contributed by atoms with Crippen LogP contribution in [0.3, 0.4) is 0 Å². The third kappa shape index (κ3) is 3.75. The Morgan fingerprint density at radius 2 is 1.97 bits per heavy atom. The van der Waals surface area contributed by atoms with Gasteiger partial charge in [0.05, 0.1) is 19.2 Å². The molecule has 0 amide bonds. The molecule has 10 heteroatoms. The van der Waals surface area contributed by atoms with Gasteiger partial charge in [-0.2, -0.15) is 10.1 Å². The summed E-state index contributed by atoms with van der Waals surface area (Å²) in [6.07, 6.45) is 0. The van der Waals surface area contributed by atoms with Crippen molar-refractivity contribution in [1.29, 1.82) is 0 Å². The molecule has 0 saturated carbocycles. The van der Waals surface area contributed by atoms with E-state index in [0.29, 0.717) is 27.2 Å². The van der Waals surface area contributed by atoms with Gasteiger partial charge in [-0.25, -0.2) is 4.39 Å². The number of carbonyl (C=O) groups is 1.